The molecule has 1 aromatic heterocycles. The van der Waals surface area contributed by atoms with Crippen molar-refractivity contribution in [3.63, 3.8) is 0 Å². The van der Waals surface area contributed by atoms with Gasteiger partial charge in [-0.25, -0.2) is 24.9 Å². The molecule has 0 aromatic carbocycles. The molecule has 1 rings (SSSR count). The van der Waals surface area contributed by atoms with E-state index >= 15 is 0 Å². The standard InChI is InChI=1S/C10H12BrN3O4/c1-10(2,3)18-9(16)14-8(15)17-7-4-6(11)12-5-13-7/h4-5H,1-3H3,(H,14,15,16). The average molecular weight is 318 g/mol. The zero-order valence-corrected chi connectivity index (χ0v) is 11.6. The van der Waals surface area contributed by atoms with Gasteiger partial charge in [-0.2, -0.15) is 0 Å². The Morgan fingerprint density at radius 1 is 1.28 bits per heavy atom. The molecule has 0 aliphatic carbocycles. The Labute approximate surface area is 112 Å². The molecule has 8 heteroatoms. The van der Waals surface area contributed by atoms with Gasteiger partial charge in [0, 0.05) is 6.07 Å². The van der Waals surface area contributed by atoms with Crippen molar-refractivity contribution in [1.29, 1.82) is 0 Å². The van der Waals surface area contributed by atoms with Gasteiger partial charge < -0.3 is 9.47 Å². The number of nitrogens with one attached hydrogen (secondary N) is 1. The van der Waals surface area contributed by atoms with Gasteiger partial charge in [0.2, 0.25) is 5.88 Å². The molecule has 1 heterocycles. The van der Waals surface area contributed by atoms with Crippen LogP contribution in [0.4, 0.5) is 9.59 Å². The summed E-state index contributed by atoms with van der Waals surface area (Å²) in [5.74, 6) is 0.0120. The summed E-state index contributed by atoms with van der Waals surface area (Å²) in [6.07, 6.45) is -0.657. The lowest BCUT2D eigenvalue weighted by molar-refractivity contribution is 0.0533. The summed E-state index contributed by atoms with van der Waals surface area (Å²) < 4.78 is 10.1. The van der Waals surface area contributed by atoms with Crippen molar-refractivity contribution >= 4 is 28.1 Å². The summed E-state index contributed by atoms with van der Waals surface area (Å²) in [5.41, 5.74) is -0.692. The topological polar surface area (TPSA) is 90.4 Å². The first-order chi connectivity index (χ1) is 8.26. The molecule has 0 radical (unpaired) electrons. The lowest BCUT2D eigenvalue weighted by Crippen LogP contribution is -2.37. The second-order valence-corrected chi connectivity index (χ2v) is 5.01. The lowest BCUT2D eigenvalue weighted by Gasteiger charge is -2.18. The molecule has 1 aromatic rings. The van der Waals surface area contributed by atoms with Crippen LogP contribution in [0, 0.1) is 0 Å². The quantitative estimate of drug-likeness (QED) is 0.799. The average Bonchev–Trinajstić information content (AvgIpc) is 2.13. The number of hydrogen-bond donors (Lipinski definition) is 1. The first kappa shape index (κ1) is 14.4. The van der Waals surface area contributed by atoms with E-state index in [4.69, 9.17) is 9.47 Å². The second kappa shape index (κ2) is 5.76. The van der Waals surface area contributed by atoms with E-state index in [0.717, 1.165) is 0 Å². The first-order valence-corrected chi connectivity index (χ1v) is 5.75. The fraction of sp³-hybridized carbons (Fsp3) is 0.400. The van der Waals surface area contributed by atoms with Crippen molar-refractivity contribution in [2.75, 3.05) is 0 Å². The molecule has 0 unspecified atom stereocenters. The highest BCUT2D eigenvalue weighted by atomic mass is 79.9. The third-order valence-corrected chi connectivity index (χ3v) is 1.84. The Kier molecular flexibility index (Phi) is 4.60. The second-order valence-electron chi connectivity index (χ2n) is 4.20. The third-order valence-electron chi connectivity index (χ3n) is 1.41. The predicted molar refractivity (Wildman–Crippen MR) is 65.1 cm³/mol. The normalized spacial score (nSPS) is 10.7. The van der Waals surface area contributed by atoms with E-state index in [0.29, 0.717) is 4.60 Å². The number of alkyl carbamates (subject to hydrolysis) is 1. The summed E-state index contributed by atoms with van der Waals surface area (Å²) in [6.45, 7) is 5.04. The number of aromatic nitrogens is 2. The molecule has 18 heavy (non-hydrogen) atoms. The monoisotopic (exact) mass is 317 g/mol. The van der Waals surface area contributed by atoms with E-state index in [-0.39, 0.29) is 5.88 Å². The number of ether oxygens (including phenoxy) is 2. The smallest absolute Gasteiger partial charge is 0.423 e. The Morgan fingerprint density at radius 3 is 2.50 bits per heavy atom. The Balaban J connectivity index is 2.50. The number of halogens is 1. The Bertz CT molecular complexity index is 459. The van der Waals surface area contributed by atoms with Crippen LogP contribution in [0.5, 0.6) is 5.88 Å². The molecule has 0 fully saturated rings. The summed E-state index contributed by atoms with van der Waals surface area (Å²) in [7, 11) is 0. The van der Waals surface area contributed by atoms with Gasteiger partial charge in [-0.05, 0) is 36.7 Å². The van der Waals surface area contributed by atoms with Crippen molar-refractivity contribution in [2.24, 2.45) is 0 Å². The Morgan fingerprint density at radius 2 is 1.94 bits per heavy atom. The predicted octanol–water partition coefficient (Wildman–Crippen LogP) is 2.26. The van der Waals surface area contributed by atoms with Gasteiger partial charge in [0.1, 0.15) is 16.5 Å². The van der Waals surface area contributed by atoms with Crippen LogP contribution in [0.25, 0.3) is 0 Å². The van der Waals surface area contributed by atoms with Crippen LogP contribution in [-0.4, -0.2) is 27.8 Å². The largest absolute Gasteiger partial charge is 0.443 e. The summed E-state index contributed by atoms with van der Waals surface area (Å²) in [6, 6.07) is 1.38. The van der Waals surface area contributed by atoms with Gasteiger partial charge in [-0.3, -0.25) is 0 Å². The van der Waals surface area contributed by atoms with Crippen molar-refractivity contribution in [2.45, 2.75) is 26.4 Å². The number of rotatable bonds is 1. The maximum absolute atomic E-state index is 11.3. The number of carbonyl (C=O) groups excluding carboxylic acids is 2. The molecular formula is C10H12BrN3O4. The molecule has 98 valence electrons. The Hall–Kier alpha value is -1.70. The molecule has 0 atom stereocenters. The van der Waals surface area contributed by atoms with Crippen LogP contribution >= 0.6 is 15.9 Å². The zero-order valence-electron chi connectivity index (χ0n) is 10.1. The van der Waals surface area contributed by atoms with Crippen LogP contribution in [0.15, 0.2) is 17.0 Å². The van der Waals surface area contributed by atoms with Gasteiger partial charge in [-0.1, -0.05) is 0 Å². The molecule has 1 N–H and O–H groups in total. The zero-order chi connectivity index (χ0) is 13.8. The maximum atomic E-state index is 11.3. The SMILES string of the molecule is CC(C)(C)OC(=O)NC(=O)Oc1cc(Br)ncn1. The number of imide groups is 1. The highest BCUT2D eigenvalue weighted by Crippen LogP contribution is 2.12. The fourth-order valence-electron chi connectivity index (χ4n) is 0.881. The summed E-state index contributed by atoms with van der Waals surface area (Å²) in [4.78, 5) is 30.0. The molecule has 0 saturated carbocycles. The minimum Gasteiger partial charge on any atom is -0.443 e. The number of hydrogen-bond acceptors (Lipinski definition) is 6. The minimum absolute atomic E-state index is 0.0120. The van der Waals surface area contributed by atoms with Gasteiger partial charge in [0.25, 0.3) is 0 Å². The minimum atomic E-state index is -0.977. The van der Waals surface area contributed by atoms with E-state index in [9.17, 15) is 9.59 Å². The molecule has 7 nitrogen and oxygen atoms in total. The van der Waals surface area contributed by atoms with Crippen LogP contribution in [0.1, 0.15) is 20.8 Å². The maximum Gasteiger partial charge on any atom is 0.423 e. The summed E-state index contributed by atoms with van der Waals surface area (Å²) in [5, 5.41) is 1.91. The number of amides is 2. The van der Waals surface area contributed by atoms with Crippen molar-refractivity contribution in [1.82, 2.24) is 15.3 Å². The number of nitrogens with zero attached hydrogens (tertiary/aromatic N) is 2. The molecular weight excluding hydrogens is 306 g/mol. The highest BCUT2D eigenvalue weighted by Gasteiger charge is 2.19. The summed E-state index contributed by atoms with van der Waals surface area (Å²) >= 11 is 3.09. The van der Waals surface area contributed by atoms with Crippen molar-refractivity contribution < 1.29 is 19.1 Å². The van der Waals surface area contributed by atoms with E-state index in [2.05, 4.69) is 25.9 Å². The fourth-order valence-corrected chi connectivity index (χ4v) is 1.17. The van der Waals surface area contributed by atoms with Crippen molar-refractivity contribution in [3.05, 3.63) is 17.0 Å². The van der Waals surface area contributed by atoms with Gasteiger partial charge >= 0.3 is 12.2 Å². The lowest BCUT2D eigenvalue weighted by atomic mass is 10.2. The van der Waals surface area contributed by atoms with E-state index < -0.39 is 17.8 Å². The first-order valence-electron chi connectivity index (χ1n) is 4.95. The van der Waals surface area contributed by atoms with Gasteiger partial charge in [0.05, 0.1) is 0 Å². The van der Waals surface area contributed by atoms with Gasteiger partial charge in [0.15, 0.2) is 0 Å². The molecule has 0 aliphatic heterocycles. The number of carbonyl (C=O) groups is 2. The van der Waals surface area contributed by atoms with Crippen LogP contribution in [-0.2, 0) is 4.74 Å². The van der Waals surface area contributed by atoms with E-state index in [1.165, 1.54) is 12.4 Å². The van der Waals surface area contributed by atoms with Gasteiger partial charge in [-0.15, -0.1) is 0 Å². The molecule has 0 spiro atoms. The van der Waals surface area contributed by atoms with Crippen LogP contribution in [0.2, 0.25) is 0 Å². The third kappa shape index (κ3) is 5.58. The van der Waals surface area contributed by atoms with Crippen LogP contribution < -0.4 is 10.1 Å². The van der Waals surface area contributed by atoms with Crippen LogP contribution in [0.3, 0.4) is 0 Å². The van der Waals surface area contributed by atoms with E-state index in [1.54, 1.807) is 20.8 Å². The molecule has 2 amide bonds. The molecule has 0 saturated heterocycles. The molecule has 0 bridgehead atoms. The molecule has 0 aliphatic rings. The van der Waals surface area contributed by atoms with Crippen molar-refractivity contribution in [3.8, 4) is 5.88 Å². The highest BCUT2D eigenvalue weighted by molar-refractivity contribution is 9.10. The van der Waals surface area contributed by atoms with E-state index in [1.807, 2.05) is 5.32 Å².